The van der Waals surface area contributed by atoms with Gasteiger partial charge in [-0.2, -0.15) is 4.31 Å². The maximum Gasteiger partial charge on any atom is 0.243 e. The minimum atomic E-state index is -3.63. The second-order valence-corrected chi connectivity index (χ2v) is 10.7. The minimum Gasteiger partial charge on any atom is -0.490 e. The van der Waals surface area contributed by atoms with E-state index in [1.165, 1.54) is 17.1 Å². The van der Waals surface area contributed by atoms with Crippen molar-refractivity contribution in [3.8, 4) is 11.5 Å². The second kappa shape index (κ2) is 9.14. The molecule has 2 heterocycles. The van der Waals surface area contributed by atoms with Crippen molar-refractivity contribution in [2.24, 2.45) is 11.8 Å². The molecular weight excluding hydrogens is 404 g/mol. The summed E-state index contributed by atoms with van der Waals surface area (Å²) in [6.45, 7) is 3.99. The number of rotatable bonds is 4. The molecule has 30 heavy (non-hydrogen) atoms. The molecule has 1 aromatic rings. The lowest BCUT2D eigenvalue weighted by atomic mass is 9.85. The van der Waals surface area contributed by atoms with Gasteiger partial charge in [-0.3, -0.25) is 4.79 Å². The molecule has 2 aliphatic heterocycles. The molecule has 1 amide bonds. The number of hydrogen-bond donors (Lipinski definition) is 1. The Balaban J connectivity index is 1.37. The van der Waals surface area contributed by atoms with Crippen LogP contribution in [0.25, 0.3) is 0 Å². The van der Waals surface area contributed by atoms with Crippen LogP contribution >= 0.6 is 0 Å². The van der Waals surface area contributed by atoms with Gasteiger partial charge in [0.15, 0.2) is 11.5 Å². The van der Waals surface area contributed by atoms with Gasteiger partial charge in [0.05, 0.1) is 18.1 Å². The zero-order valence-electron chi connectivity index (χ0n) is 17.6. The van der Waals surface area contributed by atoms with Gasteiger partial charge in [-0.1, -0.05) is 19.8 Å². The summed E-state index contributed by atoms with van der Waals surface area (Å²) in [6.07, 6.45) is 6.49. The molecule has 0 radical (unpaired) electrons. The maximum atomic E-state index is 13.1. The summed E-state index contributed by atoms with van der Waals surface area (Å²) < 4.78 is 39.0. The van der Waals surface area contributed by atoms with E-state index in [0.717, 1.165) is 19.3 Å². The summed E-state index contributed by atoms with van der Waals surface area (Å²) in [4.78, 5) is 12.9. The van der Waals surface area contributed by atoms with E-state index in [-0.39, 0.29) is 22.8 Å². The number of amides is 1. The zero-order valence-corrected chi connectivity index (χ0v) is 18.5. The number of carbonyl (C=O) groups excluding carboxylic acids is 1. The van der Waals surface area contributed by atoms with Crippen LogP contribution in [0.4, 0.5) is 0 Å². The molecule has 1 aromatic carbocycles. The summed E-state index contributed by atoms with van der Waals surface area (Å²) in [7, 11) is -3.63. The highest BCUT2D eigenvalue weighted by Crippen LogP contribution is 2.34. The first-order chi connectivity index (χ1) is 14.4. The van der Waals surface area contributed by atoms with E-state index in [4.69, 9.17) is 9.47 Å². The number of sulfonamides is 1. The standard InChI is InChI=1S/C22H32N2O5S/c1-16-5-2-3-6-19(16)23-22(25)17-9-11-24(12-10-17)30(26,27)18-7-8-20-21(15-18)29-14-4-13-28-20/h7-8,15-17,19H,2-6,9-14H2,1H3,(H,23,25)/t16-,19-/m0/s1. The van der Waals surface area contributed by atoms with Crippen LogP contribution < -0.4 is 14.8 Å². The fourth-order valence-corrected chi connectivity index (χ4v) is 6.13. The molecule has 1 aliphatic carbocycles. The molecule has 166 valence electrons. The van der Waals surface area contributed by atoms with Crippen LogP contribution in [0, 0.1) is 11.8 Å². The van der Waals surface area contributed by atoms with Crippen molar-refractivity contribution in [3.63, 3.8) is 0 Å². The largest absolute Gasteiger partial charge is 0.490 e. The Kier molecular flexibility index (Phi) is 6.53. The first-order valence-corrected chi connectivity index (χ1v) is 12.6. The van der Waals surface area contributed by atoms with Crippen molar-refractivity contribution in [1.29, 1.82) is 0 Å². The number of ether oxygens (including phenoxy) is 2. The van der Waals surface area contributed by atoms with Gasteiger partial charge < -0.3 is 14.8 Å². The molecule has 2 fully saturated rings. The average molecular weight is 437 g/mol. The molecule has 4 rings (SSSR count). The van der Waals surface area contributed by atoms with Gasteiger partial charge in [0.2, 0.25) is 15.9 Å². The van der Waals surface area contributed by atoms with Crippen molar-refractivity contribution >= 4 is 15.9 Å². The monoisotopic (exact) mass is 436 g/mol. The Morgan fingerprint density at radius 2 is 1.70 bits per heavy atom. The van der Waals surface area contributed by atoms with E-state index in [0.29, 0.717) is 56.6 Å². The fourth-order valence-electron chi connectivity index (χ4n) is 4.64. The Hall–Kier alpha value is -1.80. The van der Waals surface area contributed by atoms with Crippen LogP contribution in [0.15, 0.2) is 23.1 Å². The molecule has 0 spiro atoms. The topological polar surface area (TPSA) is 84.9 Å². The van der Waals surface area contributed by atoms with Crippen LogP contribution in [0.1, 0.15) is 51.9 Å². The normalized spacial score (nSPS) is 26.0. The molecule has 2 atom stereocenters. The van der Waals surface area contributed by atoms with E-state index in [1.54, 1.807) is 18.2 Å². The Morgan fingerprint density at radius 3 is 2.43 bits per heavy atom. The smallest absolute Gasteiger partial charge is 0.243 e. The molecule has 3 aliphatic rings. The zero-order chi connectivity index (χ0) is 21.1. The van der Waals surface area contributed by atoms with Crippen molar-refractivity contribution in [1.82, 2.24) is 9.62 Å². The van der Waals surface area contributed by atoms with Gasteiger partial charge in [0, 0.05) is 37.5 Å². The SMILES string of the molecule is C[C@H]1CCCC[C@@H]1NC(=O)C1CCN(S(=O)(=O)c2ccc3c(c2)OCCCO3)CC1. The number of nitrogens with zero attached hydrogens (tertiary/aromatic N) is 1. The van der Waals surface area contributed by atoms with Gasteiger partial charge in [-0.15, -0.1) is 0 Å². The van der Waals surface area contributed by atoms with E-state index in [1.807, 2.05) is 0 Å². The summed E-state index contributed by atoms with van der Waals surface area (Å²) in [6, 6.07) is 5.06. The van der Waals surface area contributed by atoms with Gasteiger partial charge in [-0.25, -0.2) is 8.42 Å². The highest BCUT2D eigenvalue weighted by atomic mass is 32.2. The van der Waals surface area contributed by atoms with E-state index in [9.17, 15) is 13.2 Å². The number of nitrogens with one attached hydrogen (secondary N) is 1. The van der Waals surface area contributed by atoms with E-state index in [2.05, 4.69) is 12.2 Å². The molecule has 1 N–H and O–H groups in total. The van der Waals surface area contributed by atoms with Crippen LogP contribution in [-0.2, 0) is 14.8 Å². The Bertz CT molecular complexity index is 864. The third kappa shape index (κ3) is 4.59. The molecule has 0 aromatic heterocycles. The highest BCUT2D eigenvalue weighted by Gasteiger charge is 2.34. The predicted octanol–water partition coefficient (Wildman–Crippen LogP) is 2.94. The molecule has 7 nitrogen and oxygen atoms in total. The molecule has 1 saturated heterocycles. The first-order valence-electron chi connectivity index (χ1n) is 11.2. The van der Waals surface area contributed by atoms with Crippen molar-refractivity contribution < 1.29 is 22.7 Å². The van der Waals surface area contributed by atoms with Crippen LogP contribution in [0.3, 0.4) is 0 Å². The van der Waals surface area contributed by atoms with Crippen LogP contribution in [-0.4, -0.2) is 51.0 Å². The summed E-state index contributed by atoms with van der Waals surface area (Å²) >= 11 is 0. The van der Waals surface area contributed by atoms with Crippen molar-refractivity contribution in [3.05, 3.63) is 18.2 Å². The summed E-state index contributed by atoms with van der Waals surface area (Å²) in [5.74, 6) is 1.54. The lowest BCUT2D eigenvalue weighted by Crippen LogP contribution is -2.47. The van der Waals surface area contributed by atoms with Gasteiger partial charge in [0.25, 0.3) is 0 Å². The molecule has 0 bridgehead atoms. The van der Waals surface area contributed by atoms with E-state index < -0.39 is 10.0 Å². The number of carbonyl (C=O) groups is 1. The van der Waals surface area contributed by atoms with Gasteiger partial charge in [0.1, 0.15) is 0 Å². The Labute approximate surface area is 179 Å². The second-order valence-electron chi connectivity index (χ2n) is 8.71. The quantitative estimate of drug-likeness (QED) is 0.784. The molecular formula is C22H32N2O5S. The van der Waals surface area contributed by atoms with Gasteiger partial charge >= 0.3 is 0 Å². The van der Waals surface area contributed by atoms with Crippen molar-refractivity contribution in [2.45, 2.75) is 62.8 Å². The number of fused-ring (bicyclic) bond motifs is 1. The highest BCUT2D eigenvalue weighted by molar-refractivity contribution is 7.89. The fraction of sp³-hybridized carbons (Fsp3) is 0.682. The third-order valence-electron chi connectivity index (χ3n) is 6.62. The van der Waals surface area contributed by atoms with Gasteiger partial charge in [-0.05, 0) is 43.7 Å². The molecule has 1 saturated carbocycles. The predicted molar refractivity (Wildman–Crippen MR) is 113 cm³/mol. The minimum absolute atomic E-state index is 0.0846. The summed E-state index contributed by atoms with van der Waals surface area (Å²) in [5.41, 5.74) is 0. The number of hydrogen-bond acceptors (Lipinski definition) is 5. The number of piperidine rings is 1. The summed E-state index contributed by atoms with van der Waals surface area (Å²) in [5, 5.41) is 3.23. The average Bonchev–Trinajstić information content (AvgIpc) is 3.00. The first kappa shape index (κ1) is 21.4. The molecule has 0 unspecified atom stereocenters. The third-order valence-corrected chi connectivity index (χ3v) is 8.52. The van der Waals surface area contributed by atoms with E-state index >= 15 is 0 Å². The van der Waals surface area contributed by atoms with Crippen molar-refractivity contribution in [2.75, 3.05) is 26.3 Å². The molecule has 8 heteroatoms. The lowest BCUT2D eigenvalue weighted by molar-refractivity contribution is -0.127. The van der Waals surface area contributed by atoms with Crippen LogP contribution in [0.5, 0.6) is 11.5 Å². The maximum absolute atomic E-state index is 13.1. The Morgan fingerprint density at radius 1 is 1.00 bits per heavy atom. The number of benzene rings is 1. The lowest BCUT2D eigenvalue weighted by Gasteiger charge is -2.34. The van der Waals surface area contributed by atoms with Crippen LogP contribution in [0.2, 0.25) is 0 Å².